The van der Waals surface area contributed by atoms with Crippen molar-refractivity contribution < 1.29 is 13.9 Å². The Bertz CT molecular complexity index is 416. The summed E-state index contributed by atoms with van der Waals surface area (Å²) in [7, 11) is 3.65. The van der Waals surface area contributed by atoms with Gasteiger partial charge in [-0.25, -0.2) is 0 Å². The molecule has 1 N–H and O–H groups in total. The molecule has 0 radical (unpaired) electrons. The third-order valence-corrected chi connectivity index (χ3v) is 3.33. The average molecular weight is 252 g/mol. The highest BCUT2D eigenvalue weighted by molar-refractivity contribution is 5.79. The van der Waals surface area contributed by atoms with E-state index in [1.54, 1.807) is 11.9 Å². The zero-order chi connectivity index (χ0) is 13.1. The van der Waals surface area contributed by atoms with Crippen molar-refractivity contribution in [3.05, 3.63) is 23.7 Å². The minimum atomic E-state index is -0.101. The summed E-state index contributed by atoms with van der Waals surface area (Å²) in [6, 6.07) is 3.92. The van der Waals surface area contributed by atoms with Crippen molar-refractivity contribution in [2.45, 2.75) is 19.5 Å². The second kappa shape index (κ2) is 5.54. The number of hydrogen-bond donors (Lipinski definition) is 1. The molecule has 18 heavy (non-hydrogen) atoms. The van der Waals surface area contributed by atoms with E-state index in [-0.39, 0.29) is 17.9 Å². The van der Waals surface area contributed by atoms with Crippen molar-refractivity contribution in [3.8, 4) is 0 Å². The molecule has 2 rings (SSSR count). The van der Waals surface area contributed by atoms with Crippen LogP contribution in [0.2, 0.25) is 0 Å². The Kier molecular flexibility index (Phi) is 4.04. The van der Waals surface area contributed by atoms with Crippen molar-refractivity contribution in [2.24, 2.45) is 5.92 Å². The molecular weight excluding hydrogens is 232 g/mol. The number of hydrogen-bond acceptors (Lipinski definition) is 4. The Labute approximate surface area is 107 Å². The molecule has 0 bridgehead atoms. The first-order valence-corrected chi connectivity index (χ1v) is 6.17. The number of nitrogens with one attached hydrogen (secondary N) is 1. The van der Waals surface area contributed by atoms with Gasteiger partial charge in [-0.15, -0.1) is 0 Å². The molecule has 0 spiro atoms. The van der Waals surface area contributed by atoms with Crippen LogP contribution in [0, 0.1) is 12.8 Å². The maximum absolute atomic E-state index is 12.3. The minimum Gasteiger partial charge on any atom is -0.464 e. The molecule has 2 atom stereocenters. The zero-order valence-electron chi connectivity index (χ0n) is 11.1. The van der Waals surface area contributed by atoms with Crippen LogP contribution in [-0.2, 0) is 16.1 Å². The molecule has 2 unspecified atom stereocenters. The van der Waals surface area contributed by atoms with Crippen LogP contribution in [0.3, 0.4) is 0 Å². The maximum Gasteiger partial charge on any atom is 0.229 e. The van der Waals surface area contributed by atoms with Crippen LogP contribution in [0.25, 0.3) is 0 Å². The highest BCUT2D eigenvalue weighted by Gasteiger charge is 2.34. The average Bonchev–Trinajstić information content (AvgIpc) is 2.96. The first-order chi connectivity index (χ1) is 8.61. The van der Waals surface area contributed by atoms with E-state index in [0.29, 0.717) is 19.8 Å². The molecule has 1 saturated heterocycles. The molecule has 1 aliphatic heterocycles. The minimum absolute atomic E-state index is 0.0981. The summed E-state index contributed by atoms with van der Waals surface area (Å²) in [5, 5.41) is 3.12. The van der Waals surface area contributed by atoms with E-state index in [0.717, 1.165) is 11.5 Å². The molecule has 0 aliphatic carbocycles. The summed E-state index contributed by atoms with van der Waals surface area (Å²) in [5.74, 6) is 1.67. The molecule has 1 aromatic rings. The lowest BCUT2D eigenvalue weighted by Gasteiger charge is -2.22. The van der Waals surface area contributed by atoms with Crippen LogP contribution in [-0.4, -0.2) is 44.2 Å². The fraction of sp³-hybridized carbons (Fsp3) is 0.615. The van der Waals surface area contributed by atoms with E-state index in [2.05, 4.69) is 5.32 Å². The number of rotatable bonds is 4. The van der Waals surface area contributed by atoms with E-state index >= 15 is 0 Å². The van der Waals surface area contributed by atoms with Gasteiger partial charge in [-0.05, 0) is 26.1 Å². The van der Waals surface area contributed by atoms with Crippen LogP contribution in [0.1, 0.15) is 11.5 Å². The standard InChI is InChI=1S/C13H20N2O3/c1-9-4-5-10(18-9)6-15(3)13(16)11-7-17-8-12(11)14-2/h4-5,11-12,14H,6-8H2,1-3H3. The fourth-order valence-corrected chi connectivity index (χ4v) is 2.25. The number of ether oxygens (including phenoxy) is 1. The molecule has 100 valence electrons. The largest absolute Gasteiger partial charge is 0.464 e. The summed E-state index contributed by atoms with van der Waals surface area (Å²) >= 11 is 0. The van der Waals surface area contributed by atoms with Gasteiger partial charge >= 0.3 is 0 Å². The van der Waals surface area contributed by atoms with Gasteiger partial charge in [0.05, 0.1) is 25.7 Å². The van der Waals surface area contributed by atoms with Crippen molar-refractivity contribution in [2.75, 3.05) is 27.3 Å². The van der Waals surface area contributed by atoms with Gasteiger partial charge in [0.15, 0.2) is 0 Å². The van der Waals surface area contributed by atoms with E-state index in [1.807, 2.05) is 26.1 Å². The number of aryl methyl sites for hydroxylation is 1. The third kappa shape index (κ3) is 2.73. The number of carbonyl (C=O) groups is 1. The normalized spacial score (nSPS) is 23.3. The smallest absolute Gasteiger partial charge is 0.229 e. The van der Waals surface area contributed by atoms with Crippen molar-refractivity contribution >= 4 is 5.91 Å². The van der Waals surface area contributed by atoms with Crippen LogP contribution in [0.5, 0.6) is 0 Å². The second-order valence-electron chi connectivity index (χ2n) is 4.75. The van der Waals surface area contributed by atoms with Crippen molar-refractivity contribution in [1.29, 1.82) is 0 Å². The lowest BCUT2D eigenvalue weighted by molar-refractivity contribution is -0.135. The molecule has 5 nitrogen and oxygen atoms in total. The predicted octanol–water partition coefficient (Wildman–Crippen LogP) is 0.781. The first-order valence-electron chi connectivity index (χ1n) is 6.17. The van der Waals surface area contributed by atoms with Gasteiger partial charge in [0, 0.05) is 13.1 Å². The molecule has 1 amide bonds. The van der Waals surface area contributed by atoms with E-state index in [1.165, 1.54) is 0 Å². The molecular formula is C13H20N2O3. The van der Waals surface area contributed by atoms with E-state index in [9.17, 15) is 4.79 Å². The van der Waals surface area contributed by atoms with Crippen LogP contribution in [0.15, 0.2) is 16.5 Å². The van der Waals surface area contributed by atoms with Gasteiger partial charge in [0.1, 0.15) is 11.5 Å². The lowest BCUT2D eigenvalue weighted by Crippen LogP contribution is -2.43. The molecule has 5 heteroatoms. The Balaban J connectivity index is 1.96. The van der Waals surface area contributed by atoms with Gasteiger partial charge in [0.2, 0.25) is 5.91 Å². The van der Waals surface area contributed by atoms with Crippen LogP contribution >= 0.6 is 0 Å². The van der Waals surface area contributed by atoms with Crippen molar-refractivity contribution in [3.63, 3.8) is 0 Å². The third-order valence-electron chi connectivity index (χ3n) is 3.33. The summed E-state index contributed by atoms with van der Waals surface area (Å²) in [5.41, 5.74) is 0. The van der Waals surface area contributed by atoms with Gasteiger partial charge < -0.3 is 19.4 Å². The Hall–Kier alpha value is -1.33. The lowest BCUT2D eigenvalue weighted by atomic mass is 10.0. The summed E-state index contributed by atoms with van der Waals surface area (Å²) in [4.78, 5) is 14.0. The number of carbonyl (C=O) groups excluding carboxylic acids is 1. The second-order valence-corrected chi connectivity index (χ2v) is 4.75. The fourth-order valence-electron chi connectivity index (χ4n) is 2.25. The number of furan rings is 1. The molecule has 1 fully saturated rings. The monoisotopic (exact) mass is 252 g/mol. The molecule has 0 aromatic carbocycles. The summed E-state index contributed by atoms with van der Waals surface area (Å²) < 4.78 is 10.8. The van der Waals surface area contributed by atoms with Gasteiger partial charge in [-0.3, -0.25) is 4.79 Å². The first kappa shape index (κ1) is 13.1. The summed E-state index contributed by atoms with van der Waals surface area (Å²) in [6.45, 7) is 3.49. The summed E-state index contributed by atoms with van der Waals surface area (Å²) in [6.07, 6.45) is 0. The van der Waals surface area contributed by atoms with Gasteiger partial charge in [-0.2, -0.15) is 0 Å². The van der Waals surface area contributed by atoms with Crippen LogP contribution in [0.4, 0.5) is 0 Å². The molecule has 0 saturated carbocycles. The molecule has 1 aliphatic rings. The molecule has 2 heterocycles. The Morgan fingerprint density at radius 1 is 1.50 bits per heavy atom. The quantitative estimate of drug-likeness (QED) is 0.860. The highest BCUT2D eigenvalue weighted by Crippen LogP contribution is 2.17. The van der Waals surface area contributed by atoms with E-state index < -0.39 is 0 Å². The number of likely N-dealkylation sites (N-methyl/N-ethyl adjacent to an activating group) is 1. The Morgan fingerprint density at radius 2 is 2.28 bits per heavy atom. The van der Waals surface area contributed by atoms with Crippen molar-refractivity contribution in [1.82, 2.24) is 10.2 Å². The zero-order valence-corrected chi connectivity index (χ0v) is 11.1. The SMILES string of the molecule is CNC1COCC1C(=O)N(C)Cc1ccc(C)o1. The van der Waals surface area contributed by atoms with Crippen LogP contribution < -0.4 is 5.32 Å². The number of amides is 1. The molecule has 1 aromatic heterocycles. The number of nitrogens with zero attached hydrogens (tertiary/aromatic N) is 1. The van der Waals surface area contributed by atoms with E-state index in [4.69, 9.17) is 9.15 Å². The van der Waals surface area contributed by atoms with Gasteiger partial charge in [-0.1, -0.05) is 0 Å². The predicted molar refractivity (Wildman–Crippen MR) is 67.1 cm³/mol. The topological polar surface area (TPSA) is 54.7 Å². The Morgan fingerprint density at radius 3 is 2.89 bits per heavy atom. The maximum atomic E-state index is 12.3. The van der Waals surface area contributed by atoms with Gasteiger partial charge in [0.25, 0.3) is 0 Å². The highest BCUT2D eigenvalue weighted by atomic mass is 16.5.